The molecule has 0 bridgehead atoms. The summed E-state index contributed by atoms with van der Waals surface area (Å²) >= 11 is 0. The largest absolute Gasteiger partial charge is 0.443 e. The Hall–Kier alpha value is -3.67. The van der Waals surface area contributed by atoms with Gasteiger partial charge in [0, 0.05) is 18.0 Å². The number of pyridine rings is 1. The summed E-state index contributed by atoms with van der Waals surface area (Å²) in [5.74, 6) is 0.732. The fourth-order valence-corrected chi connectivity index (χ4v) is 3.03. The van der Waals surface area contributed by atoms with Gasteiger partial charge in [-0.3, -0.25) is 4.98 Å². The lowest BCUT2D eigenvalue weighted by atomic mass is 10.0. The molecular weight excluding hydrogens is 326 g/mol. The summed E-state index contributed by atoms with van der Waals surface area (Å²) < 4.78 is 5.01. The standard InChI is InChI=1S/C13H8N4.C7H5NO/c1-2-8-3-4-9-6-10-13(16-7-15-10)17-12(9)11(8)14-5-1;1-2-4-7-6(3-1)8-5-9-7/h1-5,7H,6H2;1-5H. The molecule has 0 N–H and O–H groups in total. The number of nitrogens with zero attached hydrogens (tertiary/aromatic N) is 5. The van der Waals surface area contributed by atoms with Gasteiger partial charge in [-0.15, -0.1) is 0 Å². The molecule has 6 heteroatoms. The number of hydrogen-bond acceptors (Lipinski definition) is 6. The maximum Gasteiger partial charge on any atom is 0.181 e. The zero-order valence-corrected chi connectivity index (χ0v) is 13.7. The van der Waals surface area contributed by atoms with Crippen LogP contribution in [0, 0.1) is 0 Å². The highest BCUT2D eigenvalue weighted by Gasteiger charge is 2.22. The van der Waals surface area contributed by atoms with E-state index in [0.29, 0.717) is 0 Å². The van der Waals surface area contributed by atoms with Crippen molar-refractivity contribution in [3.05, 3.63) is 66.7 Å². The van der Waals surface area contributed by atoms with Crippen LogP contribution in [0.1, 0.15) is 5.56 Å². The monoisotopic (exact) mass is 339 g/mol. The molecule has 124 valence electrons. The average molecular weight is 339 g/mol. The van der Waals surface area contributed by atoms with Crippen LogP contribution in [0.15, 0.2) is 80.5 Å². The zero-order valence-electron chi connectivity index (χ0n) is 13.7. The molecule has 4 aromatic rings. The van der Waals surface area contributed by atoms with E-state index in [4.69, 9.17) is 4.42 Å². The lowest BCUT2D eigenvalue weighted by Gasteiger charge is -2.13. The Morgan fingerprint density at radius 1 is 0.923 bits per heavy atom. The predicted molar refractivity (Wildman–Crippen MR) is 102 cm³/mol. The maximum absolute atomic E-state index is 5.01. The quantitative estimate of drug-likeness (QED) is 0.483. The molecule has 0 amide bonds. The summed E-state index contributed by atoms with van der Waals surface area (Å²) in [4.78, 5) is 21.3. The van der Waals surface area contributed by atoms with Gasteiger partial charge in [0.15, 0.2) is 17.8 Å². The van der Waals surface area contributed by atoms with E-state index in [1.165, 1.54) is 12.0 Å². The van der Waals surface area contributed by atoms with Crippen molar-refractivity contribution < 1.29 is 4.42 Å². The van der Waals surface area contributed by atoms with Crippen LogP contribution in [0.2, 0.25) is 0 Å². The predicted octanol–water partition coefficient (Wildman–Crippen LogP) is 4.13. The molecule has 2 aliphatic heterocycles. The Bertz CT molecular complexity index is 1190. The van der Waals surface area contributed by atoms with Crippen LogP contribution in [-0.4, -0.2) is 27.9 Å². The first-order valence-electron chi connectivity index (χ1n) is 8.21. The molecule has 2 aliphatic rings. The van der Waals surface area contributed by atoms with Gasteiger partial charge in [-0.25, -0.2) is 20.0 Å². The topological polar surface area (TPSA) is 76.0 Å². The Kier molecular flexibility index (Phi) is 3.38. The molecule has 26 heavy (non-hydrogen) atoms. The van der Waals surface area contributed by atoms with E-state index in [1.807, 2.05) is 36.4 Å². The van der Waals surface area contributed by atoms with Crippen molar-refractivity contribution in [2.45, 2.75) is 6.42 Å². The summed E-state index contributed by atoms with van der Waals surface area (Å²) in [6, 6.07) is 15.8. The van der Waals surface area contributed by atoms with Gasteiger partial charge in [-0.1, -0.05) is 30.3 Å². The van der Waals surface area contributed by atoms with Crippen molar-refractivity contribution in [2.75, 3.05) is 0 Å². The van der Waals surface area contributed by atoms with Gasteiger partial charge >= 0.3 is 0 Å². The molecule has 0 radical (unpaired) electrons. The number of fused-ring (bicyclic) bond motifs is 5. The molecule has 0 fully saturated rings. The van der Waals surface area contributed by atoms with E-state index in [1.54, 1.807) is 12.5 Å². The van der Waals surface area contributed by atoms with Gasteiger partial charge in [-0.05, 0) is 23.8 Å². The number of amidine groups is 1. The number of aliphatic imine (C=N–C) groups is 3. The third kappa shape index (κ3) is 2.48. The van der Waals surface area contributed by atoms with Crippen molar-refractivity contribution in [3.63, 3.8) is 0 Å². The number of oxazole rings is 1. The number of benzene rings is 2. The minimum Gasteiger partial charge on any atom is -0.443 e. The fourth-order valence-electron chi connectivity index (χ4n) is 3.03. The molecule has 6 nitrogen and oxygen atoms in total. The van der Waals surface area contributed by atoms with E-state index >= 15 is 0 Å². The second kappa shape index (κ2) is 6.00. The number of aromatic nitrogens is 2. The van der Waals surface area contributed by atoms with Crippen LogP contribution < -0.4 is 0 Å². The van der Waals surface area contributed by atoms with E-state index in [2.05, 4.69) is 37.1 Å². The minimum atomic E-state index is 0.732. The number of para-hydroxylation sites is 2. The first-order valence-corrected chi connectivity index (χ1v) is 8.21. The molecule has 0 atom stereocenters. The van der Waals surface area contributed by atoms with Gasteiger partial charge in [0.1, 0.15) is 11.9 Å². The third-order valence-corrected chi connectivity index (χ3v) is 4.30. The van der Waals surface area contributed by atoms with Crippen LogP contribution in [0.3, 0.4) is 0 Å². The Labute approximate surface area is 148 Å². The first kappa shape index (κ1) is 14.7. The summed E-state index contributed by atoms with van der Waals surface area (Å²) in [5, 5.41) is 1.11. The summed E-state index contributed by atoms with van der Waals surface area (Å²) in [6.45, 7) is 0. The molecule has 6 rings (SSSR count). The highest BCUT2D eigenvalue weighted by Crippen LogP contribution is 2.32. The van der Waals surface area contributed by atoms with Gasteiger partial charge < -0.3 is 4.42 Å². The normalized spacial score (nSPS) is 14.3. The third-order valence-electron chi connectivity index (χ3n) is 4.30. The second-order valence-electron chi connectivity index (χ2n) is 5.90. The Balaban J connectivity index is 0.000000141. The SMILES string of the molecule is C1=NC2=Nc3c(ccc4cccnc34)CC2=N1.c1ccc2ocnc2c1. The van der Waals surface area contributed by atoms with Crippen molar-refractivity contribution in [2.24, 2.45) is 15.0 Å². The lowest BCUT2D eigenvalue weighted by molar-refractivity contribution is 0.602. The fraction of sp³-hybridized carbons (Fsp3) is 0.0500. The Morgan fingerprint density at radius 3 is 2.85 bits per heavy atom. The highest BCUT2D eigenvalue weighted by atomic mass is 16.3. The molecule has 2 aromatic heterocycles. The van der Waals surface area contributed by atoms with E-state index < -0.39 is 0 Å². The van der Waals surface area contributed by atoms with E-state index in [9.17, 15) is 0 Å². The van der Waals surface area contributed by atoms with Crippen molar-refractivity contribution in [1.82, 2.24) is 9.97 Å². The molecule has 0 spiro atoms. The molecule has 2 aromatic carbocycles. The van der Waals surface area contributed by atoms with E-state index in [-0.39, 0.29) is 0 Å². The van der Waals surface area contributed by atoms with Crippen molar-refractivity contribution in [1.29, 1.82) is 0 Å². The van der Waals surface area contributed by atoms with Gasteiger partial charge in [0.2, 0.25) is 0 Å². The van der Waals surface area contributed by atoms with Gasteiger partial charge in [-0.2, -0.15) is 0 Å². The van der Waals surface area contributed by atoms with Crippen LogP contribution >= 0.6 is 0 Å². The van der Waals surface area contributed by atoms with Gasteiger partial charge in [0.25, 0.3) is 0 Å². The van der Waals surface area contributed by atoms with Crippen LogP contribution in [-0.2, 0) is 6.42 Å². The number of hydrogen-bond donors (Lipinski definition) is 0. The molecule has 0 saturated heterocycles. The summed E-state index contributed by atoms with van der Waals surface area (Å²) in [7, 11) is 0. The molecule has 0 aliphatic carbocycles. The Morgan fingerprint density at radius 2 is 1.88 bits per heavy atom. The maximum atomic E-state index is 5.01. The number of rotatable bonds is 0. The molecule has 0 unspecified atom stereocenters. The minimum absolute atomic E-state index is 0.732. The van der Waals surface area contributed by atoms with Crippen molar-refractivity contribution >= 4 is 45.6 Å². The highest BCUT2D eigenvalue weighted by molar-refractivity contribution is 6.48. The van der Waals surface area contributed by atoms with Crippen LogP contribution in [0.4, 0.5) is 5.69 Å². The molecule has 4 heterocycles. The lowest BCUT2D eigenvalue weighted by Crippen LogP contribution is -2.15. The average Bonchev–Trinajstić information content (AvgIpc) is 3.35. The summed E-state index contributed by atoms with van der Waals surface area (Å²) in [6.07, 6.45) is 5.60. The smallest absolute Gasteiger partial charge is 0.181 e. The van der Waals surface area contributed by atoms with E-state index in [0.717, 1.165) is 45.7 Å². The summed E-state index contributed by atoms with van der Waals surface area (Å²) in [5.41, 5.74) is 5.77. The zero-order chi connectivity index (χ0) is 17.3. The van der Waals surface area contributed by atoms with Gasteiger partial charge in [0.05, 0.1) is 16.9 Å². The molecule has 0 saturated carbocycles. The first-order chi connectivity index (χ1) is 12.9. The van der Waals surface area contributed by atoms with Crippen LogP contribution in [0.5, 0.6) is 0 Å². The second-order valence-corrected chi connectivity index (χ2v) is 5.90. The van der Waals surface area contributed by atoms with Crippen molar-refractivity contribution in [3.8, 4) is 0 Å². The molecular formula is C20H13N5O. The van der Waals surface area contributed by atoms with Crippen LogP contribution in [0.25, 0.3) is 22.0 Å².